The molecule has 152 valence electrons. The average molecular weight is 433 g/mol. The van der Waals surface area contributed by atoms with Crippen LogP contribution in [0.1, 0.15) is 23.2 Å². The fourth-order valence-electron chi connectivity index (χ4n) is 3.15. The Balaban J connectivity index is 1.37. The van der Waals surface area contributed by atoms with Gasteiger partial charge < -0.3 is 4.42 Å². The minimum atomic E-state index is -3.58. The molecule has 2 aromatic heterocycles. The van der Waals surface area contributed by atoms with Crippen LogP contribution in [0.3, 0.4) is 0 Å². The number of hydrogen-bond donors (Lipinski definition) is 0. The molecular formula is C19H20N4O4S2. The Morgan fingerprint density at radius 2 is 1.83 bits per heavy atom. The van der Waals surface area contributed by atoms with Gasteiger partial charge in [0.05, 0.1) is 16.3 Å². The van der Waals surface area contributed by atoms with E-state index in [9.17, 15) is 13.2 Å². The maximum absolute atomic E-state index is 12.9. The maximum Gasteiger partial charge on any atom is 0.257 e. The first-order valence-corrected chi connectivity index (χ1v) is 11.5. The summed E-state index contributed by atoms with van der Waals surface area (Å²) < 4.78 is 32.9. The zero-order valence-electron chi connectivity index (χ0n) is 15.8. The molecule has 0 bridgehead atoms. The van der Waals surface area contributed by atoms with Gasteiger partial charge in [0.1, 0.15) is 0 Å². The quantitative estimate of drug-likeness (QED) is 0.552. The van der Waals surface area contributed by atoms with Crippen LogP contribution < -0.4 is 0 Å². The molecule has 4 rings (SSSR count). The van der Waals surface area contributed by atoms with E-state index in [2.05, 4.69) is 15.1 Å². The van der Waals surface area contributed by atoms with Crippen molar-refractivity contribution < 1.29 is 17.6 Å². The minimum Gasteiger partial charge on any atom is -0.419 e. The SMILES string of the molecule is CC(=O)c1ccc(S(=O)(=O)N2CCN(Cc3nnc(-c4cccs4)o3)CC2)cc1. The predicted octanol–water partition coefficient (Wildman–Crippen LogP) is 2.51. The Hall–Kier alpha value is -2.40. The van der Waals surface area contributed by atoms with E-state index in [1.54, 1.807) is 12.1 Å². The summed E-state index contributed by atoms with van der Waals surface area (Å²) in [6.45, 7) is 3.84. The number of aromatic nitrogens is 2. The van der Waals surface area contributed by atoms with E-state index in [1.807, 2.05) is 17.5 Å². The largest absolute Gasteiger partial charge is 0.419 e. The molecule has 3 aromatic rings. The van der Waals surface area contributed by atoms with E-state index in [0.29, 0.717) is 50.1 Å². The van der Waals surface area contributed by atoms with Crippen molar-refractivity contribution >= 4 is 27.1 Å². The van der Waals surface area contributed by atoms with Crippen molar-refractivity contribution in [2.24, 2.45) is 0 Å². The van der Waals surface area contributed by atoms with Gasteiger partial charge in [0, 0.05) is 31.7 Å². The van der Waals surface area contributed by atoms with Crippen LogP contribution in [-0.4, -0.2) is 59.8 Å². The lowest BCUT2D eigenvalue weighted by Gasteiger charge is -2.33. The van der Waals surface area contributed by atoms with Crippen LogP contribution in [0.5, 0.6) is 0 Å². The zero-order chi connectivity index (χ0) is 20.4. The second-order valence-electron chi connectivity index (χ2n) is 6.74. The number of hydrogen-bond acceptors (Lipinski definition) is 8. The summed E-state index contributed by atoms with van der Waals surface area (Å²) in [7, 11) is -3.58. The molecule has 1 fully saturated rings. The van der Waals surface area contributed by atoms with Gasteiger partial charge in [-0.3, -0.25) is 9.69 Å². The fourth-order valence-corrected chi connectivity index (χ4v) is 5.21. The zero-order valence-corrected chi connectivity index (χ0v) is 17.4. The van der Waals surface area contributed by atoms with Gasteiger partial charge in [-0.2, -0.15) is 4.31 Å². The molecular weight excluding hydrogens is 412 g/mol. The van der Waals surface area contributed by atoms with Gasteiger partial charge in [0.25, 0.3) is 5.89 Å². The molecule has 1 saturated heterocycles. The van der Waals surface area contributed by atoms with Crippen molar-refractivity contribution in [2.75, 3.05) is 26.2 Å². The second-order valence-corrected chi connectivity index (χ2v) is 9.62. The molecule has 29 heavy (non-hydrogen) atoms. The Bertz CT molecular complexity index is 1080. The second kappa shape index (κ2) is 8.15. The van der Waals surface area contributed by atoms with Crippen LogP contribution in [-0.2, 0) is 16.6 Å². The number of carbonyl (C=O) groups is 1. The normalized spacial score (nSPS) is 16.2. The summed E-state index contributed by atoms with van der Waals surface area (Å²) in [6, 6.07) is 9.93. The molecule has 1 aliphatic rings. The lowest BCUT2D eigenvalue weighted by Crippen LogP contribution is -2.48. The van der Waals surface area contributed by atoms with Crippen LogP contribution in [0.25, 0.3) is 10.8 Å². The third kappa shape index (κ3) is 4.30. The van der Waals surface area contributed by atoms with Crippen molar-refractivity contribution in [3.63, 3.8) is 0 Å². The van der Waals surface area contributed by atoms with Crippen molar-refractivity contribution in [2.45, 2.75) is 18.4 Å². The number of benzene rings is 1. The number of thiophene rings is 1. The molecule has 0 unspecified atom stereocenters. The lowest BCUT2D eigenvalue weighted by atomic mass is 10.2. The number of rotatable bonds is 6. The van der Waals surface area contributed by atoms with Crippen LogP contribution >= 0.6 is 11.3 Å². The Morgan fingerprint density at radius 1 is 1.10 bits per heavy atom. The first-order valence-electron chi connectivity index (χ1n) is 9.13. The van der Waals surface area contributed by atoms with Gasteiger partial charge in [-0.05, 0) is 30.5 Å². The summed E-state index contributed by atoms with van der Waals surface area (Å²) >= 11 is 1.54. The highest BCUT2D eigenvalue weighted by molar-refractivity contribution is 7.89. The van der Waals surface area contributed by atoms with Crippen LogP contribution in [0, 0.1) is 0 Å². The van der Waals surface area contributed by atoms with Crippen LogP contribution in [0.2, 0.25) is 0 Å². The summed E-state index contributed by atoms with van der Waals surface area (Å²) in [5, 5.41) is 10.1. The topological polar surface area (TPSA) is 96.6 Å². The molecule has 0 radical (unpaired) electrons. The molecule has 3 heterocycles. The average Bonchev–Trinajstić information content (AvgIpc) is 3.40. The standard InChI is InChI=1S/C19H20N4O4S2/c1-14(24)15-4-6-16(7-5-15)29(25,26)23-10-8-22(9-11-23)13-18-20-21-19(27-18)17-3-2-12-28-17/h2-7,12H,8-11,13H2,1H3. The van der Waals surface area contributed by atoms with E-state index in [4.69, 9.17) is 4.42 Å². The molecule has 1 aliphatic heterocycles. The highest BCUT2D eigenvalue weighted by Crippen LogP contribution is 2.24. The molecule has 0 saturated carbocycles. The summed E-state index contributed by atoms with van der Waals surface area (Å²) in [4.78, 5) is 14.6. The number of ketones is 1. The molecule has 0 aliphatic carbocycles. The van der Waals surface area contributed by atoms with Gasteiger partial charge >= 0.3 is 0 Å². The maximum atomic E-state index is 12.9. The van der Waals surface area contributed by atoms with Crippen molar-refractivity contribution in [1.82, 2.24) is 19.4 Å². The molecule has 0 N–H and O–H groups in total. The van der Waals surface area contributed by atoms with E-state index in [-0.39, 0.29) is 10.7 Å². The number of nitrogens with zero attached hydrogens (tertiary/aromatic N) is 4. The van der Waals surface area contributed by atoms with Crippen LogP contribution in [0.4, 0.5) is 0 Å². The fraction of sp³-hybridized carbons (Fsp3) is 0.316. The molecule has 1 aromatic carbocycles. The number of Topliss-reactive ketones (excluding diaryl/α,β-unsaturated/α-hetero) is 1. The third-order valence-corrected chi connectivity index (χ3v) is 7.56. The Kier molecular flexibility index (Phi) is 5.59. The predicted molar refractivity (Wildman–Crippen MR) is 108 cm³/mol. The number of carbonyl (C=O) groups excluding carboxylic acids is 1. The van der Waals surface area contributed by atoms with E-state index in [0.717, 1.165) is 4.88 Å². The van der Waals surface area contributed by atoms with Crippen LogP contribution in [0.15, 0.2) is 51.1 Å². The molecule has 0 amide bonds. The molecule has 0 spiro atoms. The molecule has 0 atom stereocenters. The molecule has 8 nitrogen and oxygen atoms in total. The Morgan fingerprint density at radius 3 is 2.45 bits per heavy atom. The van der Waals surface area contributed by atoms with Crippen molar-refractivity contribution in [1.29, 1.82) is 0 Å². The highest BCUT2D eigenvalue weighted by atomic mass is 32.2. The number of piperazine rings is 1. The highest BCUT2D eigenvalue weighted by Gasteiger charge is 2.29. The number of sulfonamides is 1. The smallest absolute Gasteiger partial charge is 0.257 e. The lowest BCUT2D eigenvalue weighted by molar-refractivity contribution is 0.101. The van der Waals surface area contributed by atoms with Gasteiger partial charge in [-0.25, -0.2) is 8.42 Å². The summed E-state index contributed by atoms with van der Waals surface area (Å²) in [6.07, 6.45) is 0. The first-order chi connectivity index (χ1) is 13.9. The monoisotopic (exact) mass is 432 g/mol. The third-order valence-electron chi connectivity index (χ3n) is 4.79. The minimum absolute atomic E-state index is 0.0918. The first kappa shape index (κ1) is 19.9. The summed E-state index contributed by atoms with van der Waals surface area (Å²) in [5.41, 5.74) is 0.496. The van der Waals surface area contributed by atoms with Crippen molar-refractivity contribution in [3.8, 4) is 10.8 Å². The van der Waals surface area contributed by atoms with E-state index in [1.165, 1.54) is 34.7 Å². The van der Waals surface area contributed by atoms with Gasteiger partial charge in [-0.15, -0.1) is 21.5 Å². The van der Waals surface area contributed by atoms with Gasteiger partial charge in [-0.1, -0.05) is 18.2 Å². The van der Waals surface area contributed by atoms with E-state index < -0.39 is 10.0 Å². The van der Waals surface area contributed by atoms with Gasteiger partial charge in [0.2, 0.25) is 15.9 Å². The molecule has 10 heteroatoms. The van der Waals surface area contributed by atoms with Crippen molar-refractivity contribution in [3.05, 3.63) is 53.2 Å². The van der Waals surface area contributed by atoms with Gasteiger partial charge in [0.15, 0.2) is 5.78 Å². The van der Waals surface area contributed by atoms with E-state index >= 15 is 0 Å². The summed E-state index contributed by atoms with van der Waals surface area (Å²) in [5.74, 6) is 0.931. The Labute approximate surface area is 172 Å².